The average molecular weight is 613 g/mol. The van der Waals surface area contributed by atoms with Crippen LogP contribution in [-0.4, -0.2) is 4.57 Å². The topological polar surface area (TPSA) is 17.0 Å². The van der Waals surface area contributed by atoms with Crippen molar-refractivity contribution in [2.75, 3.05) is 5.32 Å². The fourth-order valence-corrected chi connectivity index (χ4v) is 7.03. The second-order valence-corrected chi connectivity index (χ2v) is 12.3. The molecule has 0 atom stereocenters. The van der Waals surface area contributed by atoms with E-state index < -0.39 is 0 Å². The summed E-state index contributed by atoms with van der Waals surface area (Å²) in [6.45, 7) is 0. The molecule has 8 aromatic carbocycles. The minimum atomic E-state index is 1.06. The Morgan fingerprint density at radius 3 is 1.50 bits per heavy atom. The van der Waals surface area contributed by atoms with E-state index in [1.165, 1.54) is 66.0 Å². The Bertz CT molecular complexity index is 2510. The van der Waals surface area contributed by atoms with Gasteiger partial charge in [-0.1, -0.05) is 133 Å². The molecule has 226 valence electrons. The van der Waals surface area contributed by atoms with E-state index in [2.05, 4.69) is 198 Å². The molecule has 1 N–H and O–H groups in total. The van der Waals surface area contributed by atoms with Crippen LogP contribution in [0.25, 0.3) is 71.6 Å². The van der Waals surface area contributed by atoms with Gasteiger partial charge in [-0.2, -0.15) is 0 Å². The zero-order valence-electron chi connectivity index (χ0n) is 26.3. The van der Waals surface area contributed by atoms with Gasteiger partial charge in [0, 0.05) is 27.8 Å². The minimum absolute atomic E-state index is 1.06. The lowest BCUT2D eigenvalue weighted by Crippen LogP contribution is -1.94. The first kappa shape index (κ1) is 27.9. The van der Waals surface area contributed by atoms with Crippen molar-refractivity contribution in [2.45, 2.75) is 0 Å². The first-order chi connectivity index (χ1) is 23.8. The van der Waals surface area contributed by atoms with Crippen molar-refractivity contribution in [2.24, 2.45) is 0 Å². The largest absolute Gasteiger partial charge is 0.356 e. The molecule has 0 aliphatic heterocycles. The predicted molar refractivity (Wildman–Crippen MR) is 204 cm³/mol. The van der Waals surface area contributed by atoms with E-state index in [0.29, 0.717) is 0 Å². The zero-order valence-corrected chi connectivity index (χ0v) is 26.3. The van der Waals surface area contributed by atoms with Crippen molar-refractivity contribution in [3.63, 3.8) is 0 Å². The first-order valence-corrected chi connectivity index (χ1v) is 16.4. The van der Waals surface area contributed by atoms with Crippen LogP contribution in [0.4, 0.5) is 11.4 Å². The van der Waals surface area contributed by atoms with Gasteiger partial charge in [0.1, 0.15) is 0 Å². The molecule has 9 aromatic rings. The number of nitrogens with zero attached hydrogens (tertiary/aromatic N) is 1. The van der Waals surface area contributed by atoms with Crippen molar-refractivity contribution >= 4 is 44.0 Å². The van der Waals surface area contributed by atoms with Gasteiger partial charge in [0.2, 0.25) is 0 Å². The quantitative estimate of drug-likeness (QED) is 0.198. The molecule has 9 rings (SSSR count). The van der Waals surface area contributed by atoms with Crippen LogP contribution in [0.3, 0.4) is 0 Å². The fraction of sp³-hybridized carbons (Fsp3) is 0. The molecule has 2 nitrogen and oxygen atoms in total. The van der Waals surface area contributed by atoms with Gasteiger partial charge in [-0.25, -0.2) is 0 Å². The number of benzene rings is 8. The number of hydrogen-bond acceptors (Lipinski definition) is 1. The molecule has 0 spiro atoms. The Hall–Kier alpha value is -6.38. The summed E-state index contributed by atoms with van der Waals surface area (Å²) < 4.78 is 2.37. The smallest absolute Gasteiger partial charge is 0.0541 e. The summed E-state index contributed by atoms with van der Waals surface area (Å²) in [5.41, 5.74) is 13.0. The summed E-state index contributed by atoms with van der Waals surface area (Å²) in [6, 6.07) is 67.5. The van der Waals surface area contributed by atoms with Gasteiger partial charge in [0.15, 0.2) is 0 Å². The molecule has 0 saturated carbocycles. The number of para-hydroxylation sites is 2. The molecule has 0 saturated heterocycles. The number of anilines is 2. The average Bonchev–Trinajstić information content (AvgIpc) is 3.50. The minimum Gasteiger partial charge on any atom is -0.356 e. The maximum atomic E-state index is 3.59. The molecule has 0 aliphatic rings. The molecule has 0 fully saturated rings. The maximum absolute atomic E-state index is 3.59. The third-order valence-electron chi connectivity index (χ3n) is 9.37. The molecule has 1 aromatic heterocycles. The van der Waals surface area contributed by atoms with Gasteiger partial charge in [0.05, 0.1) is 11.0 Å². The summed E-state index contributed by atoms with van der Waals surface area (Å²) in [6.07, 6.45) is 0. The van der Waals surface area contributed by atoms with Crippen molar-refractivity contribution in [3.05, 3.63) is 188 Å². The third-order valence-corrected chi connectivity index (χ3v) is 9.37. The number of fused-ring (bicyclic) bond motifs is 4. The summed E-state index contributed by atoms with van der Waals surface area (Å²) in [5, 5.41) is 8.67. The Kier molecular flexibility index (Phi) is 6.84. The van der Waals surface area contributed by atoms with Crippen LogP contribution in [0, 0.1) is 0 Å². The molecule has 48 heavy (non-hydrogen) atoms. The zero-order chi connectivity index (χ0) is 31.9. The monoisotopic (exact) mass is 612 g/mol. The van der Waals surface area contributed by atoms with E-state index in [1.807, 2.05) is 0 Å². The maximum Gasteiger partial charge on any atom is 0.0541 e. The third kappa shape index (κ3) is 5.01. The highest BCUT2D eigenvalue weighted by molar-refractivity contribution is 6.09. The van der Waals surface area contributed by atoms with Gasteiger partial charge in [-0.05, 0) is 98.8 Å². The Morgan fingerprint density at radius 1 is 0.333 bits per heavy atom. The SMILES string of the molecule is c1cc(-c2ccc(Nc3ccc(-c4cccc(-n5c6ccccc6c6ccccc65)c4)cc3)cc2)cc(-c2cccc3ccccc23)c1. The van der Waals surface area contributed by atoms with Crippen LogP contribution in [0.2, 0.25) is 0 Å². The Morgan fingerprint density at radius 2 is 0.833 bits per heavy atom. The summed E-state index contributed by atoms with van der Waals surface area (Å²) in [5.74, 6) is 0. The second kappa shape index (κ2) is 11.8. The van der Waals surface area contributed by atoms with E-state index in [4.69, 9.17) is 0 Å². The van der Waals surface area contributed by atoms with Crippen LogP contribution in [0.5, 0.6) is 0 Å². The molecule has 0 aliphatic carbocycles. The van der Waals surface area contributed by atoms with Gasteiger partial charge in [-0.15, -0.1) is 0 Å². The van der Waals surface area contributed by atoms with Crippen LogP contribution < -0.4 is 5.32 Å². The second-order valence-electron chi connectivity index (χ2n) is 12.3. The highest BCUT2D eigenvalue weighted by Gasteiger charge is 2.12. The van der Waals surface area contributed by atoms with E-state index in [1.54, 1.807) is 0 Å². The molecule has 2 heteroatoms. The van der Waals surface area contributed by atoms with Crippen molar-refractivity contribution in [1.29, 1.82) is 0 Å². The summed E-state index contributed by atoms with van der Waals surface area (Å²) in [7, 11) is 0. The Balaban J connectivity index is 0.950. The molecule has 0 amide bonds. The molecule has 1 heterocycles. The number of rotatable bonds is 6. The van der Waals surface area contributed by atoms with Crippen LogP contribution in [0.1, 0.15) is 0 Å². The van der Waals surface area contributed by atoms with E-state index >= 15 is 0 Å². The number of aromatic nitrogens is 1. The fourth-order valence-electron chi connectivity index (χ4n) is 7.03. The standard InChI is InChI=1S/C46H32N2/c1-2-16-41-34(10-1)11-9-19-42(41)37-14-7-12-35(30-37)32-22-26-38(27-23-32)47-39-28-24-33(25-29-39)36-13-8-15-40(31-36)48-45-20-5-3-17-43(45)44-18-4-6-21-46(44)48/h1-31,47H. The molecular formula is C46H32N2. The van der Waals surface area contributed by atoms with Gasteiger partial charge in [0.25, 0.3) is 0 Å². The van der Waals surface area contributed by atoms with Crippen LogP contribution >= 0.6 is 0 Å². The van der Waals surface area contributed by atoms with E-state index in [-0.39, 0.29) is 0 Å². The lowest BCUT2D eigenvalue weighted by Gasteiger charge is -2.12. The lowest BCUT2D eigenvalue weighted by molar-refractivity contribution is 1.18. The van der Waals surface area contributed by atoms with Crippen LogP contribution in [-0.2, 0) is 0 Å². The summed E-state index contributed by atoms with van der Waals surface area (Å²) in [4.78, 5) is 0. The molecule has 0 bridgehead atoms. The Labute approximate surface area is 280 Å². The lowest BCUT2D eigenvalue weighted by atomic mass is 9.95. The molecular weight excluding hydrogens is 581 g/mol. The molecule has 0 unspecified atom stereocenters. The first-order valence-electron chi connectivity index (χ1n) is 16.4. The van der Waals surface area contributed by atoms with Crippen molar-refractivity contribution in [3.8, 4) is 39.1 Å². The van der Waals surface area contributed by atoms with Crippen molar-refractivity contribution in [1.82, 2.24) is 4.57 Å². The highest BCUT2D eigenvalue weighted by atomic mass is 15.0. The van der Waals surface area contributed by atoms with Crippen LogP contribution in [0.15, 0.2) is 188 Å². The van der Waals surface area contributed by atoms with E-state index in [0.717, 1.165) is 17.1 Å². The molecule has 0 radical (unpaired) electrons. The predicted octanol–water partition coefficient (Wildman–Crippen LogP) is 12.7. The van der Waals surface area contributed by atoms with Crippen molar-refractivity contribution < 1.29 is 0 Å². The van der Waals surface area contributed by atoms with Gasteiger partial charge in [-0.3, -0.25) is 0 Å². The number of hydrogen-bond donors (Lipinski definition) is 1. The number of nitrogens with one attached hydrogen (secondary N) is 1. The normalized spacial score (nSPS) is 11.3. The van der Waals surface area contributed by atoms with Gasteiger partial charge < -0.3 is 9.88 Å². The highest BCUT2D eigenvalue weighted by Crippen LogP contribution is 2.35. The van der Waals surface area contributed by atoms with Gasteiger partial charge >= 0.3 is 0 Å². The van der Waals surface area contributed by atoms with E-state index in [9.17, 15) is 0 Å². The summed E-state index contributed by atoms with van der Waals surface area (Å²) >= 11 is 0.